The molecule has 1 rings (SSSR count). The lowest BCUT2D eigenvalue weighted by atomic mass is 9.95. The van der Waals surface area contributed by atoms with Gasteiger partial charge in [0.05, 0.1) is 12.2 Å². The Morgan fingerprint density at radius 1 is 1.30 bits per heavy atom. The van der Waals surface area contributed by atoms with Gasteiger partial charge in [-0.25, -0.2) is 0 Å². The fourth-order valence-electron chi connectivity index (χ4n) is 1.67. The van der Waals surface area contributed by atoms with Crippen LogP contribution < -0.4 is 0 Å². The predicted molar refractivity (Wildman–Crippen MR) is 51.6 cm³/mol. The molecule has 1 fully saturated rings. The van der Waals surface area contributed by atoms with Crippen LogP contribution >= 0.6 is 22.6 Å². The first-order valence-corrected chi connectivity index (χ1v) is 5.46. The molecule has 0 unspecified atom stereocenters. The van der Waals surface area contributed by atoms with Crippen molar-refractivity contribution in [2.75, 3.05) is 4.43 Å². The van der Waals surface area contributed by atoms with Gasteiger partial charge in [-0.2, -0.15) is 0 Å². The summed E-state index contributed by atoms with van der Waals surface area (Å²) in [6.45, 7) is 4.35. The van der Waals surface area contributed by atoms with E-state index in [0.29, 0.717) is 12.2 Å². The molecule has 0 amide bonds. The molecule has 1 heterocycles. The number of hydrogen-bond donors (Lipinski definition) is 0. The fourth-order valence-corrected chi connectivity index (χ4v) is 2.39. The zero-order chi connectivity index (χ0) is 7.56. The van der Waals surface area contributed by atoms with Crippen molar-refractivity contribution >= 4 is 22.6 Å². The Hall–Kier alpha value is 0.690. The summed E-state index contributed by atoms with van der Waals surface area (Å²) < 4.78 is 6.90. The SMILES string of the molecule is C[C@@H]1C[C@H](CI)C[C@H](C)O1. The summed E-state index contributed by atoms with van der Waals surface area (Å²) in [5.74, 6) is 0.902. The largest absolute Gasteiger partial charge is 0.376 e. The third-order valence-electron chi connectivity index (χ3n) is 2.01. The molecule has 0 aromatic carbocycles. The van der Waals surface area contributed by atoms with Gasteiger partial charge in [-0.1, -0.05) is 22.6 Å². The van der Waals surface area contributed by atoms with E-state index < -0.39 is 0 Å². The minimum atomic E-state index is 0.489. The molecular weight excluding hydrogens is 239 g/mol. The molecule has 1 nitrogen and oxygen atoms in total. The second kappa shape index (κ2) is 3.90. The molecular formula is C8H15IO. The van der Waals surface area contributed by atoms with Gasteiger partial charge < -0.3 is 4.74 Å². The average molecular weight is 254 g/mol. The van der Waals surface area contributed by atoms with E-state index in [2.05, 4.69) is 36.4 Å². The fraction of sp³-hybridized carbons (Fsp3) is 1.00. The van der Waals surface area contributed by atoms with E-state index in [1.54, 1.807) is 0 Å². The maximum absolute atomic E-state index is 5.61. The van der Waals surface area contributed by atoms with Crippen molar-refractivity contribution in [3.05, 3.63) is 0 Å². The molecule has 3 atom stereocenters. The Morgan fingerprint density at radius 3 is 2.20 bits per heavy atom. The van der Waals surface area contributed by atoms with Crippen molar-refractivity contribution in [2.45, 2.75) is 38.9 Å². The summed E-state index contributed by atoms with van der Waals surface area (Å²) in [6, 6.07) is 0. The first-order chi connectivity index (χ1) is 4.72. The summed E-state index contributed by atoms with van der Waals surface area (Å²) in [6.07, 6.45) is 3.49. The van der Waals surface area contributed by atoms with Gasteiger partial charge in [0.25, 0.3) is 0 Å². The van der Waals surface area contributed by atoms with Crippen LogP contribution in [0.2, 0.25) is 0 Å². The number of ether oxygens (including phenoxy) is 1. The number of halogens is 1. The van der Waals surface area contributed by atoms with Crippen LogP contribution in [-0.4, -0.2) is 16.6 Å². The van der Waals surface area contributed by atoms with Crippen molar-refractivity contribution in [3.63, 3.8) is 0 Å². The zero-order valence-corrected chi connectivity index (χ0v) is 8.80. The number of rotatable bonds is 1. The second-order valence-corrected chi connectivity index (χ2v) is 4.13. The molecule has 0 bridgehead atoms. The first-order valence-electron chi connectivity index (χ1n) is 3.93. The highest BCUT2D eigenvalue weighted by Gasteiger charge is 2.22. The van der Waals surface area contributed by atoms with Crippen molar-refractivity contribution in [1.82, 2.24) is 0 Å². The van der Waals surface area contributed by atoms with Crippen molar-refractivity contribution in [2.24, 2.45) is 5.92 Å². The van der Waals surface area contributed by atoms with Crippen molar-refractivity contribution < 1.29 is 4.74 Å². The van der Waals surface area contributed by atoms with Gasteiger partial charge >= 0.3 is 0 Å². The van der Waals surface area contributed by atoms with Gasteiger partial charge in [0.1, 0.15) is 0 Å². The van der Waals surface area contributed by atoms with E-state index in [4.69, 9.17) is 4.74 Å². The topological polar surface area (TPSA) is 9.23 Å². The highest BCUT2D eigenvalue weighted by molar-refractivity contribution is 14.1. The molecule has 10 heavy (non-hydrogen) atoms. The Kier molecular flexibility index (Phi) is 3.43. The van der Waals surface area contributed by atoms with Gasteiger partial charge in [-0.15, -0.1) is 0 Å². The van der Waals surface area contributed by atoms with E-state index in [9.17, 15) is 0 Å². The van der Waals surface area contributed by atoms with Crippen LogP contribution in [0.5, 0.6) is 0 Å². The molecule has 0 aromatic rings. The highest BCUT2D eigenvalue weighted by atomic mass is 127. The first kappa shape index (κ1) is 8.78. The lowest BCUT2D eigenvalue weighted by Gasteiger charge is -2.30. The van der Waals surface area contributed by atoms with Gasteiger partial charge in [0, 0.05) is 4.43 Å². The molecule has 0 spiro atoms. The second-order valence-electron chi connectivity index (χ2n) is 3.25. The van der Waals surface area contributed by atoms with Crippen LogP contribution in [0.15, 0.2) is 0 Å². The van der Waals surface area contributed by atoms with Crippen LogP contribution in [0.3, 0.4) is 0 Å². The third-order valence-corrected chi connectivity index (χ3v) is 3.26. The monoisotopic (exact) mass is 254 g/mol. The number of hydrogen-bond acceptors (Lipinski definition) is 1. The molecule has 0 saturated carbocycles. The molecule has 1 saturated heterocycles. The summed E-state index contributed by atoms with van der Waals surface area (Å²) >= 11 is 2.47. The Morgan fingerprint density at radius 2 is 1.80 bits per heavy atom. The summed E-state index contributed by atoms with van der Waals surface area (Å²) in [4.78, 5) is 0. The average Bonchev–Trinajstić information content (AvgIpc) is 1.85. The Labute approximate surface area is 76.7 Å². The molecule has 0 radical (unpaired) electrons. The Balaban J connectivity index is 2.35. The van der Waals surface area contributed by atoms with E-state index >= 15 is 0 Å². The van der Waals surface area contributed by atoms with Crippen molar-refractivity contribution in [3.8, 4) is 0 Å². The normalized spacial score (nSPS) is 41.7. The van der Waals surface area contributed by atoms with Gasteiger partial charge in [-0.3, -0.25) is 0 Å². The molecule has 1 aliphatic heterocycles. The van der Waals surface area contributed by atoms with Crippen LogP contribution in [0.25, 0.3) is 0 Å². The highest BCUT2D eigenvalue weighted by Crippen LogP contribution is 2.25. The van der Waals surface area contributed by atoms with Crippen LogP contribution in [-0.2, 0) is 4.74 Å². The van der Waals surface area contributed by atoms with E-state index in [0.717, 1.165) is 5.92 Å². The molecule has 0 N–H and O–H groups in total. The van der Waals surface area contributed by atoms with E-state index in [-0.39, 0.29) is 0 Å². The maximum Gasteiger partial charge on any atom is 0.0553 e. The summed E-state index contributed by atoms with van der Waals surface area (Å²) in [7, 11) is 0. The smallest absolute Gasteiger partial charge is 0.0553 e. The molecule has 60 valence electrons. The lowest BCUT2D eigenvalue weighted by Crippen LogP contribution is -2.29. The standard InChI is InChI=1S/C8H15IO/c1-6-3-8(5-9)4-7(2)10-6/h6-8H,3-5H2,1-2H3/t6-,7+,8+. The maximum atomic E-state index is 5.61. The number of alkyl halides is 1. The summed E-state index contributed by atoms with van der Waals surface area (Å²) in [5, 5.41) is 0. The van der Waals surface area contributed by atoms with E-state index in [1.807, 2.05) is 0 Å². The summed E-state index contributed by atoms with van der Waals surface area (Å²) in [5.41, 5.74) is 0. The zero-order valence-electron chi connectivity index (χ0n) is 6.64. The molecule has 0 aromatic heterocycles. The minimum absolute atomic E-state index is 0.489. The molecule has 1 aliphatic rings. The predicted octanol–water partition coefficient (Wildman–Crippen LogP) is 2.63. The van der Waals surface area contributed by atoms with Crippen LogP contribution in [0.4, 0.5) is 0 Å². The molecule has 0 aliphatic carbocycles. The van der Waals surface area contributed by atoms with Crippen LogP contribution in [0.1, 0.15) is 26.7 Å². The minimum Gasteiger partial charge on any atom is -0.376 e. The van der Waals surface area contributed by atoms with Gasteiger partial charge in [0.15, 0.2) is 0 Å². The quantitative estimate of drug-likeness (QED) is 0.516. The van der Waals surface area contributed by atoms with Gasteiger partial charge in [0.2, 0.25) is 0 Å². The lowest BCUT2D eigenvalue weighted by molar-refractivity contribution is -0.0471. The Bertz CT molecular complexity index is 95.4. The van der Waals surface area contributed by atoms with Gasteiger partial charge in [-0.05, 0) is 32.6 Å². The third kappa shape index (κ3) is 2.38. The van der Waals surface area contributed by atoms with E-state index in [1.165, 1.54) is 17.3 Å². The molecule has 2 heteroatoms. The van der Waals surface area contributed by atoms with Crippen molar-refractivity contribution in [1.29, 1.82) is 0 Å². The van der Waals surface area contributed by atoms with Crippen LogP contribution in [0, 0.1) is 5.92 Å².